The smallest absolute Gasteiger partial charge is 0.445 e. The van der Waals surface area contributed by atoms with Crippen LogP contribution in [0.3, 0.4) is 0 Å². The van der Waals surface area contributed by atoms with Gasteiger partial charge in [0.2, 0.25) is 0 Å². The Balaban J connectivity index is 1.62. The first kappa shape index (κ1) is 25.5. The number of non-ortho nitro benzene ring substituents is 1. The Hall–Kier alpha value is -4.62. The normalized spacial score (nSPS) is 11.7. The number of hydrogen-bond donors (Lipinski definition) is 1. The van der Waals surface area contributed by atoms with Gasteiger partial charge in [-0.05, 0) is 35.4 Å². The first-order valence-electron chi connectivity index (χ1n) is 11.2. The van der Waals surface area contributed by atoms with E-state index in [4.69, 9.17) is 13.8 Å². The minimum atomic E-state index is -4.17. The molecule has 4 rings (SSSR count). The summed E-state index contributed by atoms with van der Waals surface area (Å²) in [7, 11) is -4.17. The van der Waals surface area contributed by atoms with Gasteiger partial charge in [0.05, 0.1) is 4.92 Å². The van der Waals surface area contributed by atoms with Gasteiger partial charge in [0.25, 0.3) is 5.69 Å². The largest absolute Gasteiger partial charge is 0.457 e. The lowest BCUT2D eigenvalue weighted by Gasteiger charge is -2.28. The summed E-state index contributed by atoms with van der Waals surface area (Å²) in [6, 6.07) is 31.3. The molecule has 9 nitrogen and oxygen atoms in total. The SMILES string of the molecule is O=C(NC(c1ccccc1)P(=O)(Oc1ccccc1)Oc1ccccc1)OCc1cccc([N+](=O)[O-])c1. The molecule has 0 aliphatic heterocycles. The highest BCUT2D eigenvalue weighted by Gasteiger charge is 2.42. The van der Waals surface area contributed by atoms with Crippen molar-refractivity contribution in [2.75, 3.05) is 0 Å². The van der Waals surface area contributed by atoms with Crippen LogP contribution in [0.1, 0.15) is 16.9 Å². The molecule has 0 saturated heterocycles. The molecule has 1 atom stereocenters. The summed E-state index contributed by atoms with van der Waals surface area (Å²) < 4.78 is 31.5. The van der Waals surface area contributed by atoms with Gasteiger partial charge in [-0.3, -0.25) is 10.1 Å². The van der Waals surface area contributed by atoms with E-state index < -0.39 is 24.4 Å². The van der Waals surface area contributed by atoms with Crippen LogP contribution in [0.25, 0.3) is 0 Å². The Morgan fingerprint density at radius 3 is 1.89 bits per heavy atom. The molecule has 0 aliphatic carbocycles. The number of ether oxygens (including phenoxy) is 1. The molecule has 188 valence electrons. The van der Waals surface area contributed by atoms with Crippen molar-refractivity contribution < 1.29 is 28.1 Å². The summed E-state index contributed by atoms with van der Waals surface area (Å²) in [5, 5.41) is 13.6. The number of hydrogen-bond acceptors (Lipinski definition) is 7. The van der Waals surface area contributed by atoms with Gasteiger partial charge in [0.1, 0.15) is 18.1 Å². The molecule has 1 N–H and O–H groups in total. The third-order valence-electron chi connectivity index (χ3n) is 5.13. The van der Waals surface area contributed by atoms with E-state index in [-0.39, 0.29) is 23.8 Å². The third kappa shape index (κ3) is 6.96. The fourth-order valence-electron chi connectivity index (χ4n) is 3.42. The van der Waals surface area contributed by atoms with Crippen LogP contribution in [-0.4, -0.2) is 11.0 Å². The van der Waals surface area contributed by atoms with Crippen molar-refractivity contribution in [2.24, 2.45) is 0 Å². The first-order chi connectivity index (χ1) is 17.9. The Morgan fingerprint density at radius 1 is 0.811 bits per heavy atom. The third-order valence-corrected chi connectivity index (χ3v) is 7.12. The topological polar surface area (TPSA) is 117 Å². The molecule has 4 aromatic carbocycles. The number of alkyl carbamates (subject to hydrolysis) is 1. The molecule has 0 saturated carbocycles. The molecular weight excluding hydrogens is 495 g/mol. The van der Waals surface area contributed by atoms with Gasteiger partial charge in [-0.2, -0.15) is 0 Å². The minimum absolute atomic E-state index is 0.124. The Morgan fingerprint density at radius 2 is 1.35 bits per heavy atom. The van der Waals surface area contributed by atoms with Crippen molar-refractivity contribution >= 4 is 19.4 Å². The zero-order valence-corrected chi connectivity index (χ0v) is 20.4. The van der Waals surface area contributed by atoms with E-state index in [2.05, 4.69) is 5.32 Å². The zero-order chi connectivity index (χ0) is 26.1. The van der Waals surface area contributed by atoms with Crippen LogP contribution < -0.4 is 14.4 Å². The quantitative estimate of drug-likeness (QED) is 0.138. The number of nitrogens with one attached hydrogen (secondary N) is 1. The average molecular weight is 518 g/mol. The van der Waals surface area contributed by atoms with Crippen LogP contribution >= 0.6 is 7.60 Å². The molecule has 0 bridgehead atoms. The summed E-state index contributed by atoms with van der Waals surface area (Å²) >= 11 is 0. The maximum absolute atomic E-state index is 14.4. The number of carbonyl (C=O) groups excluding carboxylic acids is 1. The monoisotopic (exact) mass is 518 g/mol. The standard InChI is InChI=1S/C27H23N2O7P/c30-27(34-20-21-11-10-14-23(19-21)29(31)32)28-26(22-12-4-1-5-13-22)37(33,35-24-15-6-2-7-16-24)36-25-17-8-3-9-18-25/h1-19,26H,20H2,(H,28,30). The fraction of sp³-hybridized carbons (Fsp3) is 0.0741. The van der Waals surface area contributed by atoms with Gasteiger partial charge >= 0.3 is 13.7 Å². The highest BCUT2D eigenvalue weighted by molar-refractivity contribution is 7.55. The molecule has 1 unspecified atom stereocenters. The summed E-state index contributed by atoms with van der Waals surface area (Å²) in [6.45, 7) is -0.238. The van der Waals surface area contributed by atoms with Gasteiger partial charge in [-0.15, -0.1) is 0 Å². The number of amides is 1. The van der Waals surface area contributed by atoms with E-state index in [9.17, 15) is 19.5 Å². The second-order valence-electron chi connectivity index (χ2n) is 7.81. The van der Waals surface area contributed by atoms with E-state index in [1.165, 1.54) is 18.2 Å². The molecular formula is C27H23N2O7P. The fourth-order valence-corrected chi connectivity index (χ4v) is 5.30. The van der Waals surface area contributed by atoms with E-state index in [1.54, 1.807) is 97.1 Å². The van der Waals surface area contributed by atoms with Gasteiger partial charge in [-0.25, -0.2) is 9.36 Å². The van der Waals surface area contributed by atoms with Crippen molar-refractivity contribution in [1.29, 1.82) is 0 Å². The Bertz CT molecular complexity index is 1340. The maximum atomic E-state index is 14.4. The summed E-state index contributed by atoms with van der Waals surface area (Å²) in [5.41, 5.74) is 0.760. The molecule has 0 heterocycles. The highest BCUT2D eigenvalue weighted by Crippen LogP contribution is 2.58. The predicted octanol–water partition coefficient (Wildman–Crippen LogP) is 6.87. The maximum Gasteiger partial charge on any atom is 0.457 e. The van der Waals surface area contributed by atoms with E-state index in [1.807, 2.05) is 0 Å². The summed E-state index contributed by atoms with van der Waals surface area (Å²) in [5.74, 6) is -0.671. The molecule has 1 amide bonds. The van der Waals surface area contributed by atoms with Crippen molar-refractivity contribution in [2.45, 2.75) is 12.4 Å². The van der Waals surface area contributed by atoms with Crippen LogP contribution in [-0.2, 0) is 15.9 Å². The molecule has 0 spiro atoms. The van der Waals surface area contributed by atoms with Crippen LogP contribution in [0.4, 0.5) is 10.5 Å². The average Bonchev–Trinajstić information content (AvgIpc) is 2.92. The number of rotatable bonds is 10. The number of para-hydroxylation sites is 2. The van der Waals surface area contributed by atoms with Gasteiger partial charge in [0, 0.05) is 12.1 Å². The number of carbonyl (C=O) groups is 1. The van der Waals surface area contributed by atoms with Crippen LogP contribution in [0.15, 0.2) is 115 Å². The lowest BCUT2D eigenvalue weighted by molar-refractivity contribution is -0.384. The van der Waals surface area contributed by atoms with Crippen LogP contribution in [0, 0.1) is 10.1 Å². The highest BCUT2D eigenvalue weighted by atomic mass is 31.2. The minimum Gasteiger partial charge on any atom is -0.445 e. The molecule has 37 heavy (non-hydrogen) atoms. The predicted molar refractivity (Wildman–Crippen MR) is 137 cm³/mol. The molecule has 10 heteroatoms. The van der Waals surface area contributed by atoms with Gasteiger partial charge < -0.3 is 19.1 Å². The number of nitrogens with zero attached hydrogens (tertiary/aromatic N) is 1. The molecule has 0 aromatic heterocycles. The zero-order valence-electron chi connectivity index (χ0n) is 19.5. The molecule has 0 aliphatic rings. The van der Waals surface area contributed by atoms with Gasteiger partial charge in [0.15, 0.2) is 5.78 Å². The van der Waals surface area contributed by atoms with Crippen molar-refractivity contribution in [3.05, 3.63) is 137 Å². The summed E-state index contributed by atoms with van der Waals surface area (Å²) in [6.07, 6.45) is -0.908. The number of nitro groups is 1. The second kappa shape index (κ2) is 11.9. The van der Waals surface area contributed by atoms with Gasteiger partial charge in [-0.1, -0.05) is 78.9 Å². The van der Waals surface area contributed by atoms with Crippen molar-refractivity contribution in [1.82, 2.24) is 5.32 Å². The lowest BCUT2D eigenvalue weighted by atomic mass is 10.2. The Kier molecular flexibility index (Phi) is 8.18. The number of benzene rings is 4. The van der Waals surface area contributed by atoms with Crippen LogP contribution in [0.5, 0.6) is 11.5 Å². The van der Waals surface area contributed by atoms with Crippen LogP contribution in [0.2, 0.25) is 0 Å². The van der Waals surface area contributed by atoms with E-state index in [0.29, 0.717) is 11.1 Å². The van der Waals surface area contributed by atoms with E-state index in [0.717, 1.165) is 0 Å². The van der Waals surface area contributed by atoms with Crippen molar-refractivity contribution in [3.8, 4) is 11.5 Å². The number of nitro benzene ring substituents is 1. The first-order valence-corrected chi connectivity index (χ1v) is 12.8. The Labute approximate surface area is 213 Å². The summed E-state index contributed by atoms with van der Waals surface area (Å²) in [4.78, 5) is 23.4. The lowest BCUT2D eigenvalue weighted by Crippen LogP contribution is -2.31. The molecule has 0 fully saturated rings. The van der Waals surface area contributed by atoms with Crippen molar-refractivity contribution in [3.63, 3.8) is 0 Å². The van der Waals surface area contributed by atoms with E-state index >= 15 is 0 Å². The molecule has 0 radical (unpaired) electrons. The second-order valence-corrected chi connectivity index (χ2v) is 9.77. The molecule has 4 aromatic rings.